The highest BCUT2D eigenvalue weighted by Crippen LogP contribution is 2.40. The molecule has 0 amide bonds. The second kappa shape index (κ2) is 19.5. The molecular weight excluding hydrogens is 893 g/mol. The van der Waals surface area contributed by atoms with Crippen LogP contribution >= 0.6 is 0 Å². The number of rotatable bonds is 12. The van der Waals surface area contributed by atoms with Crippen molar-refractivity contribution in [2.24, 2.45) is 5.14 Å². The molecule has 0 unspecified atom stereocenters. The molecule has 0 aromatic heterocycles. The number of hydrogen-bond acceptors (Lipinski definition) is 7. The van der Waals surface area contributed by atoms with E-state index in [4.69, 9.17) is 5.14 Å². The maximum Gasteiger partial charge on any atom is 0.417 e. The summed E-state index contributed by atoms with van der Waals surface area (Å²) in [7, 11) is -7.60. The first-order chi connectivity index (χ1) is 30.2. The van der Waals surface area contributed by atoms with E-state index >= 15 is 0 Å². The van der Waals surface area contributed by atoms with Crippen molar-refractivity contribution in [2.45, 2.75) is 69.6 Å². The van der Waals surface area contributed by atoms with Crippen LogP contribution in [0.3, 0.4) is 0 Å². The first-order valence-electron chi connectivity index (χ1n) is 19.7. The molecule has 0 saturated heterocycles. The largest absolute Gasteiger partial charge is 0.417 e. The van der Waals surface area contributed by atoms with Crippen LogP contribution in [-0.2, 0) is 49.8 Å². The molecule has 65 heavy (non-hydrogen) atoms. The third-order valence-electron chi connectivity index (χ3n) is 10.4. The van der Waals surface area contributed by atoms with Crippen LogP contribution in [0.25, 0.3) is 22.3 Å². The van der Waals surface area contributed by atoms with Gasteiger partial charge in [0.15, 0.2) is 21.4 Å². The standard InChI is InChI=1S/C26H23F3O4S.C23H20F3NO3S/c1-16-13-20(9-10-21(16)22-6-4-5-7-23(22)26(27,28)29)24(31)14-19-8-11-25(17(2)12-19)34(32,33)15-18(3)30;1-14-12-17(8-9-18(14)19-5-3-4-6-20(19)23(24,25)26)21(28)13-16-7-10-22(15(2)11-16)31(27,29)30/h4-13H,14-15H2,1-3H3;3-12H,13H2,1-2H3,(H2,27,29,30). The average Bonchev–Trinajstić information content (AvgIpc) is 3.19. The molecule has 0 radical (unpaired) electrons. The molecule has 0 saturated carbocycles. The lowest BCUT2D eigenvalue weighted by Gasteiger charge is -2.15. The zero-order chi connectivity index (χ0) is 48.2. The second-order valence-electron chi connectivity index (χ2n) is 15.6. The predicted octanol–water partition coefficient (Wildman–Crippen LogP) is 10.8. The Labute approximate surface area is 373 Å². The zero-order valence-electron chi connectivity index (χ0n) is 35.7. The Morgan fingerprint density at radius 3 is 1.22 bits per heavy atom. The Kier molecular flexibility index (Phi) is 14.9. The molecule has 0 atom stereocenters. The average molecular weight is 936 g/mol. The molecule has 0 spiro atoms. The van der Waals surface area contributed by atoms with E-state index in [0.717, 1.165) is 12.1 Å². The van der Waals surface area contributed by atoms with Crippen LogP contribution in [0.1, 0.15) is 72.1 Å². The fourth-order valence-corrected chi connectivity index (χ4v) is 9.72. The fraction of sp³-hybridized carbons (Fsp3) is 0.204. The lowest BCUT2D eigenvalue weighted by molar-refractivity contribution is -0.137. The second-order valence-corrected chi connectivity index (χ2v) is 19.0. The molecular formula is C49H43F6NO7S2. The van der Waals surface area contributed by atoms with E-state index < -0.39 is 54.9 Å². The summed E-state index contributed by atoms with van der Waals surface area (Å²) >= 11 is 0. The molecule has 0 bridgehead atoms. The summed E-state index contributed by atoms with van der Waals surface area (Å²) in [6, 6.07) is 28.7. The first kappa shape index (κ1) is 49.8. The van der Waals surface area contributed by atoms with Crippen LogP contribution in [-0.4, -0.2) is 39.9 Å². The number of alkyl halides is 6. The van der Waals surface area contributed by atoms with E-state index in [1.807, 2.05) is 0 Å². The van der Waals surface area contributed by atoms with Gasteiger partial charge in [-0.3, -0.25) is 14.4 Å². The number of sulfone groups is 1. The Balaban J connectivity index is 0.000000245. The first-order valence-corrected chi connectivity index (χ1v) is 22.9. The molecule has 0 aliphatic rings. The minimum absolute atomic E-state index is 0.00720. The van der Waals surface area contributed by atoms with Crippen molar-refractivity contribution in [1.29, 1.82) is 0 Å². The summed E-state index contributed by atoms with van der Waals surface area (Å²) in [5, 5.41) is 5.15. The van der Waals surface area contributed by atoms with Crippen molar-refractivity contribution < 1.29 is 57.6 Å². The number of sulfonamides is 1. The third-order valence-corrected chi connectivity index (χ3v) is 13.4. The van der Waals surface area contributed by atoms with E-state index in [2.05, 4.69) is 0 Å². The van der Waals surface area contributed by atoms with Gasteiger partial charge in [0, 0.05) is 24.0 Å². The number of primary sulfonamides is 1. The highest BCUT2D eigenvalue weighted by Gasteiger charge is 2.35. The van der Waals surface area contributed by atoms with E-state index in [-0.39, 0.29) is 45.3 Å². The Bertz CT molecular complexity index is 3050. The molecule has 0 fully saturated rings. The van der Waals surface area contributed by atoms with Gasteiger partial charge in [-0.2, -0.15) is 26.3 Å². The molecule has 6 rings (SSSR count). The number of carbonyl (C=O) groups is 3. The maximum absolute atomic E-state index is 13.4. The quantitative estimate of drug-likeness (QED) is 0.0950. The highest BCUT2D eigenvalue weighted by molar-refractivity contribution is 7.92. The number of aryl methyl sites for hydroxylation is 4. The normalized spacial score (nSPS) is 12.0. The number of nitrogens with two attached hydrogens (primary N) is 1. The summed E-state index contributed by atoms with van der Waals surface area (Å²) in [6.45, 7) is 7.69. The number of halogens is 6. The molecule has 16 heteroatoms. The summed E-state index contributed by atoms with van der Waals surface area (Å²) in [5.41, 5.74) is 3.26. The summed E-state index contributed by atoms with van der Waals surface area (Å²) in [6.07, 6.45) is -8.98. The van der Waals surface area contributed by atoms with Crippen LogP contribution < -0.4 is 5.14 Å². The minimum atomic E-state index is -4.50. The van der Waals surface area contributed by atoms with Crippen LogP contribution in [0.15, 0.2) is 131 Å². The zero-order valence-corrected chi connectivity index (χ0v) is 37.3. The maximum atomic E-state index is 13.4. The summed E-state index contributed by atoms with van der Waals surface area (Å²) in [4.78, 5) is 36.8. The van der Waals surface area contributed by atoms with Crippen molar-refractivity contribution >= 4 is 37.2 Å². The molecule has 0 aliphatic carbocycles. The van der Waals surface area contributed by atoms with Crippen molar-refractivity contribution in [2.75, 3.05) is 5.75 Å². The van der Waals surface area contributed by atoms with E-state index in [9.17, 15) is 57.6 Å². The van der Waals surface area contributed by atoms with Gasteiger partial charge in [0.25, 0.3) is 0 Å². The van der Waals surface area contributed by atoms with E-state index in [1.54, 1.807) is 52.0 Å². The SMILES string of the molecule is CC(=O)CS(=O)(=O)c1ccc(CC(=O)c2ccc(-c3ccccc3C(F)(F)F)c(C)c2)cc1C.Cc1cc(C(=O)Cc2ccc(S(N)(=O)=O)c(C)c2)ccc1-c1ccccc1C(F)(F)F. The molecule has 6 aromatic rings. The molecule has 2 N–H and O–H groups in total. The number of Topliss-reactive ketones (excluding diaryl/α,β-unsaturated/α-hetero) is 3. The van der Waals surface area contributed by atoms with Crippen molar-refractivity contribution in [3.8, 4) is 22.3 Å². The Morgan fingerprint density at radius 1 is 0.492 bits per heavy atom. The lowest BCUT2D eigenvalue weighted by Crippen LogP contribution is -2.15. The third kappa shape index (κ3) is 12.3. The fourth-order valence-electron chi connectivity index (χ4n) is 7.44. The van der Waals surface area contributed by atoms with Crippen molar-refractivity contribution in [1.82, 2.24) is 0 Å². The van der Waals surface area contributed by atoms with E-state index in [1.165, 1.54) is 91.9 Å². The molecule has 0 aliphatic heterocycles. The smallest absolute Gasteiger partial charge is 0.299 e. The van der Waals surface area contributed by atoms with Crippen LogP contribution in [0, 0.1) is 27.7 Å². The van der Waals surface area contributed by atoms with Gasteiger partial charge in [0.2, 0.25) is 10.0 Å². The minimum Gasteiger partial charge on any atom is -0.299 e. The number of hydrogen-bond donors (Lipinski definition) is 1. The summed E-state index contributed by atoms with van der Waals surface area (Å²) < 4.78 is 128. The van der Waals surface area contributed by atoms with Gasteiger partial charge in [-0.05, 0) is 127 Å². The monoisotopic (exact) mass is 935 g/mol. The van der Waals surface area contributed by atoms with Gasteiger partial charge in [-0.15, -0.1) is 0 Å². The van der Waals surface area contributed by atoms with E-state index in [0.29, 0.717) is 55.6 Å². The lowest BCUT2D eigenvalue weighted by atomic mass is 9.92. The van der Waals surface area contributed by atoms with Gasteiger partial charge in [-0.1, -0.05) is 84.9 Å². The number of benzene rings is 6. The molecule has 0 heterocycles. The van der Waals surface area contributed by atoms with Gasteiger partial charge in [0.1, 0.15) is 11.5 Å². The van der Waals surface area contributed by atoms with Gasteiger partial charge in [-0.25, -0.2) is 22.0 Å². The summed E-state index contributed by atoms with van der Waals surface area (Å²) in [5.74, 6) is -1.54. The number of ketones is 3. The Morgan fingerprint density at radius 2 is 0.877 bits per heavy atom. The van der Waals surface area contributed by atoms with Gasteiger partial charge < -0.3 is 0 Å². The van der Waals surface area contributed by atoms with Crippen LogP contribution in [0.4, 0.5) is 26.3 Å². The van der Waals surface area contributed by atoms with Crippen molar-refractivity contribution in [3.63, 3.8) is 0 Å². The van der Waals surface area contributed by atoms with Gasteiger partial charge >= 0.3 is 12.4 Å². The van der Waals surface area contributed by atoms with Gasteiger partial charge in [0.05, 0.1) is 20.9 Å². The van der Waals surface area contributed by atoms with Crippen LogP contribution in [0.5, 0.6) is 0 Å². The number of carbonyl (C=O) groups excluding carboxylic acids is 3. The molecule has 340 valence electrons. The Hall–Kier alpha value is -6.23. The molecule has 8 nitrogen and oxygen atoms in total. The van der Waals surface area contributed by atoms with Crippen LogP contribution in [0.2, 0.25) is 0 Å². The van der Waals surface area contributed by atoms with Crippen molar-refractivity contribution in [3.05, 3.63) is 177 Å². The molecule has 6 aromatic carbocycles. The predicted molar refractivity (Wildman–Crippen MR) is 236 cm³/mol. The topological polar surface area (TPSA) is 146 Å². The highest BCUT2D eigenvalue weighted by atomic mass is 32.2.